The molecule has 1 amide bonds. The van der Waals surface area contributed by atoms with Gasteiger partial charge in [0.25, 0.3) is 0 Å². The number of carbonyl (C=O) groups excluding carboxylic acids is 2. The Kier molecular flexibility index (Phi) is 7.80. The standard InChI is InChI=1S/C9H16N2O4Se/c1-16-5-7(9(14)15)11-8(13)3-2-6(10)4-12/h4,6-7H,2-3,5,10H2,1H3,(H,11,13)(H,14,15). The molecule has 2 atom stereocenters. The molecule has 4 N–H and O–H groups in total. The summed E-state index contributed by atoms with van der Waals surface area (Å²) in [5, 5.41) is 11.6. The van der Waals surface area contributed by atoms with Crippen LogP contribution in [0.4, 0.5) is 0 Å². The van der Waals surface area contributed by atoms with Crippen molar-refractivity contribution in [3.05, 3.63) is 0 Å². The van der Waals surface area contributed by atoms with Crippen LogP contribution in [0.1, 0.15) is 12.8 Å². The molecule has 0 saturated heterocycles. The van der Waals surface area contributed by atoms with Crippen molar-refractivity contribution in [2.45, 2.75) is 36.1 Å². The van der Waals surface area contributed by atoms with E-state index in [0.717, 1.165) is 0 Å². The molecule has 0 aliphatic carbocycles. The fraction of sp³-hybridized carbons (Fsp3) is 0.667. The van der Waals surface area contributed by atoms with E-state index in [2.05, 4.69) is 5.32 Å². The summed E-state index contributed by atoms with van der Waals surface area (Å²) in [6.45, 7) is 0. The van der Waals surface area contributed by atoms with Crippen molar-refractivity contribution in [1.82, 2.24) is 5.32 Å². The molecule has 0 saturated carbocycles. The zero-order chi connectivity index (χ0) is 12.6. The molecule has 0 spiro atoms. The molecule has 0 aliphatic heterocycles. The Bertz CT molecular complexity index is 260. The molecule has 0 aromatic heterocycles. The summed E-state index contributed by atoms with van der Waals surface area (Å²) >= 11 is 0.176. The summed E-state index contributed by atoms with van der Waals surface area (Å²) in [6.07, 6.45) is 0.871. The quantitative estimate of drug-likeness (QED) is 0.394. The van der Waals surface area contributed by atoms with Crippen LogP contribution in [-0.4, -0.2) is 50.3 Å². The molecule has 0 aromatic rings. The SMILES string of the molecule is C[Se]CC(NC(=O)CCC(N)C=O)C(=O)O. The first-order valence-electron chi connectivity index (χ1n) is 4.73. The van der Waals surface area contributed by atoms with Crippen molar-refractivity contribution in [1.29, 1.82) is 0 Å². The molecule has 0 bridgehead atoms. The van der Waals surface area contributed by atoms with E-state index < -0.39 is 18.1 Å². The number of amides is 1. The molecule has 2 unspecified atom stereocenters. The molecule has 0 aromatic carbocycles. The van der Waals surface area contributed by atoms with Crippen LogP contribution in [0, 0.1) is 0 Å². The Morgan fingerprint density at radius 1 is 1.56 bits per heavy atom. The Hall–Kier alpha value is -0.911. The van der Waals surface area contributed by atoms with Gasteiger partial charge in [0.1, 0.15) is 0 Å². The van der Waals surface area contributed by atoms with Gasteiger partial charge in [0.05, 0.1) is 0 Å². The van der Waals surface area contributed by atoms with Gasteiger partial charge in [-0.1, -0.05) is 0 Å². The Morgan fingerprint density at radius 3 is 2.62 bits per heavy atom. The molecule has 0 fully saturated rings. The summed E-state index contributed by atoms with van der Waals surface area (Å²) in [6, 6.07) is -1.49. The number of rotatable bonds is 8. The normalized spacial score (nSPS) is 13.9. The number of carboxylic acid groups (broad SMARTS) is 1. The van der Waals surface area contributed by atoms with Gasteiger partial charge >= 0.3 is 99.7 Å². The molecular weight excluding hydrogens is 279 g/mol. The van der Waals surface area contributed by atoms with Crippen molar-refractivity contribution in [3.8, 4) is 0 Å². The van der Waals surface area contributed by atoms with Gasteiger partial charge in [-0.3, -0.25) is 0 Å². The van der Waals surface area contributed by atoms with Crippen molar-refractivity contribution in [2.24, 2.45) is 5.73 Å². The van der Waals surface area contributed by atoms with Crippen LogP contribution < -0.4 is 11.1 Å². The van der Waals surface area contributed by atoms with Gasteiger partial charge in [-0.2, -0.15) is 0 Å². The van der Waals surface area contributed by atoms with Gasteiger partial charge < -0.3 is 0 Å². The molecule has 92 valence electrons. The number of nitrogens with one attached hydrogen (secondary N) is 1. The third kappa shape index (κ3) is 6.55. The minimum atomic E-state index is -1.03. The zero-order valence-corrected chi connectivity index (χ0v) is 10.7. The van der Waals surface area contributed by atoms with Gasteiger partial charge in [0, 0.05) is 0 Å². The number of hydrogen-bond acceptors (Lipinski definition) is 4. The molecule has 0 aliphatic rings. The van der Waals surface area contributed by atoms with E-state index in [4.69, 9.17) is 10.8 Å². The maximum absolute atomic E-state index is 11.3. The molecule has 6 nitrogen and oxygen atoms in total. The molecule has 0 radical (unpaired) electrons. The van der Waals surface area contributed by atoms with Crippen molar-refractivity contribution >= 4 is 33.1 Å². The summed E-state index contributed by atoms with van der Waals surface area (Å²) in [4.78, 5) is 32.2. The van der Waals surface area contributed by atoms with Crippen LogP contribution >= 0.6 is 0 Å². The molecule has 0 rings (SSSR count). The first-order chi connectivity index (χ1) is 7.51. The van der Waals surface area contributed by atoms with Crippen LogP contribution in [-0.2, 0) is 14.4 Å². The fourth-order valence-corrected chi connectivity index (χ4v) is 2.15. The van der Waals surface area contributed by atoms with E-state index in [1.807, 2.05) is 5.82 Å². The van der Waals surface area contributed by atoms with Crippen LogP contribution in [0.3, 0.4) is 0 Å². The van der Waals surface area contributed by atoms with E-state index >= 15 is 0 Å². The van der Waals surface area contributed by atoms with Gasteiger partial charge in [-0.05, 0) is 0 Å². The van der Waals surface area contributed by atoms with Crippen LogP contribution in [0.2, 0.25) is 11.1 Å². The van der Waals surface area contributed by atoms with Crippen LogP contribution in [0.15, 0.2) is 0 Å². The number of hydrogen-bond donors (Lipinski definition) is 3. The monoisotopic (exact) mass is 296 g/mol. The first-order valence-corrected chi connectivity index (χ1v) is 7.65. The number of carbonyl (C=O) groups is 3. The summed E-state index contributed by atoms with van der Waals surface area (Å²) < 4.78 is 0. The van der Waals surface area contributed by atoms with E-state index in [-0.39, 0.29) is 33.7 Å². The second-order valence-electron chi connectivity index (χ2n) is 3.25. The van der Waals surface area contributed by atoms with E-state index in [1.165, 1.54) is 0 Å². The van der Waals surface area contributed by atoms with Gasteiger partial charge in [0.15, 0.2) is 0 Å². The average molecular weight is 295 g/mol. The van der Waals surface area contributed by atoms with E-state index in [0.29, 0.717) is 11.6 Å². The summed E-state index contributed by atoms with van der Waals surface area (Å²) in [5.74, 6) is 0.489. The second-order valence-corrected chi connectivity index (χ2v) is 5.16. The molecular formula is C9H16N2O4Se. The number of aliphatic carboxylic acids is 1. The topological polar surface area (TPSA) is 109 Å². The Morgan fingerprint density at radius 2 is 2.19 bits per heavy atom. The third-order valence-electron chi connectivity index (χ3n) is 1.85. The van der Waals surface area contributed by atoms with E-state index in [9.17, 15) is 14.4 Å². The predicted octanol–water partition coefficient (Wildman–Crippen LogP) is -0.967. The third-order valence-corrected chi connectivity index (χ3v) is 3.24. The fourth-order valence-electron chi connectivity index (χ4n) is 0.974. The van der Waals surface area contributed by atoms with Gasteiger partial charge in [-0.15, -0.1) is 0 Å². The Balaban J connectivity index is 4.00. The van der Waals surface area contributed by atoms with Gasteiger partial charge in [0.2, 0.25) is 0 Å². The number of nitrogens with two attached hydrogens (primary N) is 1. The van der Waals surface area contributed by atoms with Crippen LogP contribution in [0.5, 0.6) is 0 Å². The molecule has 16 heavy (non-hydrogen) atoms. The Labute approximate surface area is 100 Å². The summed E-state index contributed by atoms with van der Waals surface area (Å²) in [7, 11) is 0. The second kappa shape index (κ2) is 8.27. The van der Waals surface area contributed by atoms with Gasteiger partial charge in [-0.25, -0.2) is 0 Å². The number of carboxylic acids is 1. The predicted molar refractivity (Wildman–Crippen MR) is 59.3 cm³/mol. The van der Waals surface area contributed by atoms with Crippen molar-refractivity contribution in [3.63, 3.8) is 0 Å². The van der Waals surface area contributed by atoms with Crippen molar-refractivity contribution in [2.75, 3.05) is 0 Å². The van der Waals surface area contributed by atoms with Crippen molar-refractivity contribution < 1.29 is 19.5 Å². The molecule has 0 heterocycles. The summed E-state index contributed by atoms with van der Waals surface area (Å²) in [5.41, 5.74) is 5.31. The van der Waals surface area contributed by atoms with Crippen LogP contribution in [0.25, 0.3) is 0 Å². The number of aldehydes is 1. The molecule has 7 heteroatoms. The minimum absolute atomic E-state index is 0.0698. The first kappa shape index (κ1) is 15.1. The maximum atomic E-state index is 11.3. The van der Waals surface area contributed by atoms with E-state index in [1.54, 1.807) is 0 Å². The zero-order valence-electron chi connectivity index (χ0n) is 9.01. The average Bonchev–Trinajstić information content (AvgIpc) is 2.25.